The second-order valence-corrected chi connectivity index (χ2v) is 14.8. The van der Waals surface area contributed by atoms with Gasteiger partial charge in [-0.1, -0.05) is 54.6 Å². The van der Waals surface area contributed by atoms with Crippen LogP contribution in [0.3, 0.4) is 0 Å². The highest BCUT2D eigenvalue weighted by Crippen LogP contribution is 2.29. The fourth-order valence-corrected chi connectivity index (χ4v) is 7.40. The third kappa shape index (κ3) is 16.9. The van der Waals surface area contributed by atoms with E-state index in [-0.39, 0.29) is 6.04 Å². The number of nitrogens with zero attached hydrogens (tertiary/aromatic N) is 6. The molecule has 58 heavy (non-hydrogen) atoms. The molecule has 1 atom stereocenters. The van der Waals surface area contributed by atoms with Gasteiger partial charge in [0.25, 0.3) is 0 Å². The van der Waals surface area contributed by atoms with Crippen LogP contribution >= 0.6 is 0 Å². The lowest BCUT2D eigenvalue weighted by atomic mass is 9.94. The lowest BCUT2D eigenvalue weighted by Gasteiger charge is -2.35. The molecule has 2 aromatic carbocycles. The molecule has 0 fully saturated rings. The van der Waals surface area contributed by atoms with Crippen LogP contribution in [0.15, 0.2) is 91.3 Å². The van der Waals surface area contributed by atoms with Crippen LogP contribution in [0.2, 0.25) is 0 Å². The van der Waals surface area contributed by atoms with E-state index in [1.165, 1.54) is 27.8 Å². The van der Waals surface area contributed by atoms with E-state index < -0.39 is 0 Å². The Hall–Kier alpha value is -3.74. The van der Waals surface area contributed by atoms with Crippen molar-refractivity contribution < 1.29 is 0 Å². The highest BCUT2D eigenvalue weighted by Gasteiger charge is 2.25. The van der Waals surface area contributed by atoms with Gasteiger partial charge in [0.1, 0.15) is 0 Å². The van der Waals surface area contributed by atoms with E-state index in [1.807, 2.05) is 42.7 Å². The number of hydrogen-bond acceptors (Lipinski definition) is 14. The number of nitrogens with two attached hydrogens (primary N) is 6. The molecule has 14 N–H and O–H groups in total. The molecule has 318 valence electrons. The molecule has 0 amide bonds. The third-order valence-electron chi connectivity index (χ3n) is 10.3. The maximum atomic E-state index is 6.41. The summed E-state index contributed by atoms with van der Waals surface area (Å²) in [6, 6.07) is 28.0. The van der Waals surface area contributed by atoms with Gasteiger partial charge in [0.05, 0.1) is 11.4 Å². The zero-order chi connectivity index (χ0) is 41.2. The fraction of sp³-hybridized carbons (Fsp3) is 0.500. The van der Waals surface area contributed by atoms with Crippen LogP contribution in [-0.4, -0.2) is 128 Å². The number of benzene rings is 2. The minimum absolute atomic E-state index is 0.00981. The molecule has 14 nitrogen and oxygen atoms in total. The Balaban J connectivity index is 1.60. The quantitative estimate of drug-likeness (QED) is 0.0330. The molecule has 0 spiro atoms. The molecule has 0 aliphatic carbocycles. The summed E-state index contributed by atoms with van der Waals surface area (Å²) in [6.45, 7) is 15.0. The van der Waals surface area contributed by atoms with Gasteiger partial charge in [-0.25, -0.2) is 0 Å². The highest BCUT2D eigenvalue weighted by atomic mass is 15.2. The zero-order valence-corrected chi connectivity index (χ0v) is 34.7. The first-order valence-corrected chi connectivity index (χ1v) is 21.0. The Kier molecular flexibility index (Phi) is 22.5. The van der Waals surface area contributed by atoms with Gasteiger partial charge < -0.3 is 45.0 Å². The SMILES string of the molecule is NCCN(CCN)Cc1ccc(CN(CCN)CCN)c(C(CNCc2ccccn2)N(CCN)Cc2ccc(CN(CCN)CCNCc3ccccn3)cc2)c1. The number of hydrogen-bond donors (Lipinski definition) is 8. The van der Waals surface area contributed by atoms with Gasteiger partial charge in [0.2, 0.25) is 0 Å². The van der Waals surface area contributed by atoms with Crippen LogP contribution in [0.25, 0.3) is 0 Å². The summed E-state index contributed by atoms with van der Waals surface area (Å²) < 4.78 is 0. The summed E-state index contributed by atoms with van der Waals surface area (Å²) in [4.78, 5) is 18.6. The Labute approximate surface area is 347 Å². The molecule has 0 saturated carbocycles. The van der Waals surface area contributed by atoms with Gasteiger partial charge in [-0.3, -0.25) is 29.6 Å². The summed E-state index contributed by atoms with van der Waals surface area (Å²) in [5.74, 6) is 0. The van der Waals surface area contributed by atoms with Crippen LogP contribution in [0.1, 0.15) is 45.2 Å². The summed E-state index contributed by atoms with van der Waals surface area (Å²) in [5.41, 5.74) is 44.9. The normalized spacial score (nSPS) is 12.4. The van der Waals surface area contributed by atoms with E-state index in [0.717, 1.165) is 96.5 Å². The Morgan fingerprint density at radius 2 is 0.966 bits per heavy atom. The molecular weight excluding hydrogens is 725 g/mol. The van der Waals surface area contributed by atoms with E-state index in [4.69, 9.17) is 34.4 Å². The molecule has 0 radical (unpaired) electrons. The topological polar surface area (TPSA) is 219 Å². The van der Waals surface area contributed by atoms with Gasteiger partial charge >= 0.3 is 0 Å². The monoisotopic (exact) mass is 797 g/mol. The van der Waals surface area contributed by atoms with Crippen LogP contribution < -0.4 is 45.0 Å². The van der Waals surface area contributed by atoms with Gasteiger partial charge in [-0.05, 0) is 52.1 Å². The minimum Gasteiger partial charge on any atom is -0.329 e. The molecule has 1 unspecified atom stereocenters. The fourth-order valence-electron chi connectivity index (χ4n) is 7.40. The van der Waals surface area contributed by atoms with Crippen molar-refractivity contribution in [3.05, 3.63) is 130 Å². The average Bonchev–Trinajstić information content (AvgIpc) is 3.23. The van der Waals surface area contributed by atoms with E-state index in [0.29, 0.717) is 52.4 Å². The molecule has 2 aromatic heterocycles. The second-order valence-electron chi connectivity index (χ2n) is 14.8. The largest absolute Gasteiger partial charge is 0.329 e. The molecule has 4 aromatic rings. The highest BCUT2D eigenvalue weighted by molar-refractivity contribution is 5.36. The van der Waals surface area contributed by atoms with Crippen molar-refractivity contribution in [2.75, 3.05) is 98.2 Å². The van der Waals surface area contributed by atoms with Crippen LogP contribution in [0.5, 0.6) is 0 Å². The predicted molar refractivity (Wildman–Crippen MR) is 238 cm³/mol. The molecule has 0 aliphatic rings. The van der Waals surface area contributed by atoms with Crippen molar-refractivity contribution in [1.29, 1.82) is 0 Å². The van der Waals surface area contributed by atoms with Gasteiger partial charge in [-0.15, -0.1) is 0 Å². The number of rotatable bonds is 31. The summed E-state index contributed by atoms with van der Waals surface area (Å²) in [6.07, 6.45) is 3.67. The number of pyridine rings is 2. The molecular formula is C44H72N14. The lowest BCUT2D eigenvalue weighted by Crippen LogP contribution is -2.40. The van der Waals surface area contributed by atoms with Gasteiger partial charge in [0, 0.05) is 156 Å². The number of aromatic nitrogens is 2. The first-order chi connectivity index (χ1) is 28.5. The van der Waals surface area contributed by atoms with E-state index in [2.05, 4.69) is 88.7 Å². The zero-order valence-electron chi connectivity index (χ0n) is 34.7. The molecule has 0 aliphatic heterocycles. The van der Waals surface area contributed by atoms with E-state index in [1.54, 1.807) is 0 Å². The first kappa shape index (κ1) is 46.9. The molecule has 0 saturated heterocycles. The summed E-state index contributed by atoms with van der Waals surface area (Å²) in [7, 11) is 0. The molecule has 4 rings (SSSR count). The van der Waals surface area contributed by atoms with Crippen LogP contribution in [-0.2, 0) is 39.3 Å². The van der Waals surface area contributed by atoms with Crippen molar-refractivity contribution in [2.24, 2.45) is 34.4 Å². The standard InChI is InChI=1S/C44H72N14/c45-13-22-55(23-14-46)34-39-11-12-40(36-56(24-15-47)25-16-48)43(29-39)44(32-52-31-42-6-2-4-20-54-42)58(27-18-50)35-38-9-7-37(8-10-38)33-57(26-17-49)28-21-51-30-41-5-1-3-19-53-41/h1-12,19-20,29,44,51-52H,13-18,21-28,30-36,45-50H2. The maximum absolute atomic E-state index is 6.41. The second kappa shape index (κ2) is 27.9. The Bertz CT molecular complexity index is 1620. The number of nitrogens with one attached hydrogen (secondary N) is 2. The molecule has 14 heteroatoms. The lowest BCUT2D eigenvalue weighted by molar-refractivity contribution is 0.185. The van der Waals surface area contributed by atoms with E-state index in [9.17, 15) is 0 Å². The third-order valence-corrected chi connectivity index (χ3v) is 10.3. The van der Waals surface area contributed by atoms with Crippen molar-refractivity contribution in [1.82, 2.24) is 40.2 Å². The minimum atomic E-state index is 0.00981. The van der Waals surface area contributed by atoms with Crippen LogP contribution in [0, 0.1) is 0 Å². The summed E-state index contributed by atoms with van der Waals surface area (Å²) >= 11 is 0. The van der Waals surface area contributed by atoms with Gasteiger partial charge in [-0.2, -0.15) is 0 Å². The van der Waals surface area contributed by atoms with Crippen molar-refractivity contribution in [3.8, 4) is 0 Å². The maximum Gasteiger partial charge on any atom is 0.0541 e. The smallest absolute Gasteiger partial charge is 0.0541 e. The predicted octanol–water partition coefficient (Wildman–Crippen LogP) is 0.758. The van der Waals surface area contributed by atoms with E-state index >= 15 is 0 Å². The van der Waals surface area contributed by atoms with Crippen molar-refractivity contribution >= 4 is 0 Å². The van der Waals surface area contributed by atoms with Crippen molar-refractivity contribution in [3.63, 3.8) is 0 Å². The first-order valence-electron chi connectivity index (χ1n) is 21.0. The summed E-state index contributed by atoms with van der Waals surface area (Å²) in [5, 5.41) is 7.28. The van der Waals surface area contributed by atoms with Crippen molar-refractivity contribution in [2.45, 2.75) is 45.3 Å². The Morgan fingerprint density at radius 3 is 1.50 bits per heavy atom. The Morgan fingerprint density at radius 1 is 0.483 bits per heavy atom. The molecule has 2 heterocycles. The van der Waals surface area contributed by atoms with Crippen LogP contribution in [0.4, 0.5) is 0 Å². The average molecular weight is 797 g/mol. The molecule has 0 bridgehead atoms. The van der Waals surface area contributed by atoms with Gasteiger partial charge in [0.15, 0.2) is 0 Å².